The van der Waals surface area contributed by atoms with Crippen molar-refractivity contribution < 1.29 is 5.11 Å². The van der Waals surface area contributed by atoms with Gasteiger partial charge in [-0.25, -0.2) is 0 Å². The van der Waals surface area contributed by atoms with Crippen LogP contribution in [0.2, 0.25) is 5.02 Å². The van der Waals surface area contributed by atoms with E-state index in [0.29, 0.717) is 5.02 Å². The molecule has 2 rings (SSSR count). The van der Waals surface area contributed by atoms with Gasteiger partial charge in [-0.2, -0.15) is 0 Å². The van der Waals surface area contributed by atoms with Crippen LogP contribution in [0.15, 0.2) is 29.8 Å². The van der Waals surface area contributed by atoms with Crippen molar-refractivity contribution in [1.82, 2.24) is 0 Å². The zero-order valence-electron chi connectivity index (χ0n) is 10.2. The molecule has 1 aliphatic carbocycles. The second kappa shape index (κ2) is 5.70. The Morgan fingerprint density at radius 2 is 2.06 bits per heavy atom. The molecule has 0 aromatic heterocycles. The highest BCUT2D eigenvalue weighted by Crippen LogP contribution is 2.33. The Balaban J connectivity index is 2.26. The van der Waals surface area contributed by atoms with Gasteiger partial charge in [0.25, 0.3) is 0 Å². The molecule has 0 aliphatic heterocycles. The van der Waals surface area contributed by atoms with Crippen LogP contribution in [0.1, 0.15) is 49.3 Å². The maximum atomic E-state index is 10.4. The molecule has 1 N–H and O–H groups in total. The molecule has 0 bridgehead atoms. The van der Waals surface area contributed by atoms with Crippen molar-refractivity contribution in [1.29, 1.82) is 0 Å². The van der Waals surface area contributed by atoms with Crippen LogP contribution < -0.4 is 0 Å². The summed E-state index contributed by atoms with van der Waals surface area (Å²) in [6.45, 7) is 1.97. The number of aryl methyl sites for hydroxylation is 1. The van der Waals surface area contributed by atoms with Gasteiger partial charge in [0.15, 0.2) is 0 Å². The molecule has 1 unspecified atom stereocenters. The third-order valence-corrected chi connectivity index (χ3v) is 3.96. The minimum Gasteiger partial charge on any atom is -0.384 e. The topological polar surface area (TPSA) is 20.2 Å². The summed E-state index contributed by atoms with van der Waals surface area (Å²) in [4.78, 5) is 0. The Morgan fingerprint density at radius 3 is 2.88 bits per heavy atom. The Hall–Kier alpha value is -0.790. The quantitative estimate of drug-likeness (QED) is 0.763. The summed E-state index contributed by atoms with van der Waals surface area (Å²) < 4.78 is 0. The molecule has 1 nitrogen and oxygen atoms in total. The molecule has 17 heavy (non-hydrogen) atoms. The molecule has 1 aromatic rings. The van der Waals surface area contributed by atoms with Crippen LogP contribution in [-0.2, 0) is 0 Å². The van der Waals surface area contributed by atoms with Crippen LogP contribution in [0.3, 0.4) is 0 Å². The summed E-state index contributed by atoms with van der Waals surface area (Å²) >= 11 is 6.26. The molecular formula is C15H19ClO. The molecule has 92 valence electrons. The van der Waals surface area contributed by atoms with Crippen molar-refractivity contribution >= 4 is 11.6 Å². The smallest absolute Gasteiger partial charge is 0.101 e. The highest BCUT2D eigenvalue weighted by Gasteiger charge is 2.17. The predicted octanol–water partition coefficient (Wildman–Crippen LogP) is 4.57. The lowest BCUT2D eigenvalue weighted by molar-refractivity contribution is 0.210. The minimum atomic E-state index is -0.527. The standard InChI is InChI=1S/C15H19ClO/c1-11-7-6-10-13(14(11)16)15(17)12-8-4-2-3-5-9-12/h6-8,10,15,17H,2-5,9H2,1H3. The van der Waals surface area contributed by atoms with Crippen molar-refractivity contribution in [2.24, 2.45) is 0 Å². The van der Waals surface area contributed by atoms with E-state index in [1.54, 1.807) is 0 Å². The maximum absolute atomic E-state index is 10.4. The lowest BCUT2D eigenvalue weighted by Gasteiger charge is -2.17. The number of halogens is 1. The lowest BCUT2D eigenvalue weighted by atomic mass is 9.96. The van der Waals surface area contributed by atoms with Crippen molar-refractivity contribution in [2.45, 2.75) is 45.1 Å². The van der Waals surface area contributed by atoms with Gasteiger partial charge in [-0.15, -0.1) is 0 Å². The third kappa shape index (κ3) is 2.91. The first-order chi connectivity index (χ1) is 8.20. The largest absolute Gasteiger partial charge is 0.384 e. The van der Waals surface area contributed by atoms with Gasteiger partial charge in [0.1, 0.15) is 6.10 Å². The van der Waals surface area contributed by atoms with E-state index in [-0.39, 0.29) is 0 Å². The molecule has 0 heterocycles. The zero-order valence-corrected chi connectivity index (χ0v) is 11.0. The minimum absolute atomic E-state index is 0.527. The molecule has 1 aliphatic rings. The van der Waals surface area contributed by atoms with Crippen molar-refractivity contribution in [3.63, 3.8) is 0 Å². The van der Waals surface area contributed by atoms with Gasteiger partial charge in [0, 0.05) is 10.6 Å². The van der Waals surface area contributed by atoms with Crippen LogP contribution in [0.5, 0.6) is 0 Å². The first kappa shape index (κ1) is 12.7. The Bertz CT molecular complexity index is 423. The number of rotatable bonds is 2. The van der Waals surface area contributed by atoms with E-state index in [1.807, 2.05) is 25.1 Å². The van der Waals surface area contributed by atoms with E-state index >= 15 is 0 Å². The lowest BCUT2D eigenvalue weighted by Crippen LogP contribution is -2.03. The van der Waals surface area contributed by atoms with Gasteiger partial charge in [-0.3, -0.25) is 0 Å². The van der Waals surface area contributed by atoms with Crippen molar-refractivity contribution in [3.05, 3.63) is 46.0 Å². The van der Waals surface area contributed by atoms with Gasteiger partial charge in [-0.1, -0.05) is 42.3 Å². The van der Waals surface area contributed by atoms with Crippen LogP contribution in [0.4, 0.5) is 0 Å². The zero-order chi connectivity index (χ0) is 12.3. The van der Waals surface area contributed by atoms with Crippen LogP contribution in [-0.4, -0.2) is 5.11 Å². The van der Waals surface area contributed by atoms with E-state index in [2.05, 4.69) is 6.08 Å². The van der Waals surface area contributed by atoms with E-state index in [1.165, 1.54) is 19.3 Å². The molecule has 2 heteroatoms. The second-order valence-corrected chi connectivity index (χ2v) is 5.14. The van der Waals surface area contributed by atoms with Crippen molar-refractivity contribution in [2.75, 3.05) is 0 Å². The molecule has 0 saturated carbocycles. The molecule has 0 fully saturated rings. The van der Waals surface area contributed by atoms with Crippen molar-refractivity contribution in [3.8, 4) is 0 Å². The predicted molar refractivity (Wildman–Crippen MR) is 72.3 cm³/mol. The number of allylic oxidation sites excluding steroid dienone is 1. The average Bonchev–Trinajstić information content (AvgIpc) is 2.60. The number of benzene rings is 1. The Kier molecular flexibility index (Phi) is 4.25. The summed E-state index contributed by atoms with van der Waals surface area (Å²) in [7, 11) is 0. The van der Waals surface area contributed by atoms with Gasteiger partial charge >= 0.3 is 0 Å². The van der Waals surface area contributed by atoms with Gasteiger partial charge in [0.05, 0.1) is 0 Å². The highest BCUT2D eigenvalue weighted by molar-refractivity contribution is 6.32. The summed E-state index contributed by atoms with van der Waals surface area (Å²) in [6.07, 6.45) is 7.40. The summed E-state index contributed by atoms with van der Waals surface area (Å²) in [6, 6.07) is 5.85. The maximum Gasteiger partial charge on any atom is 0.101 e. The first-order valence-electron chi connectivity index (χ1n) is 6.32. The molecule has 0 saturated heterocycles. The van der Waals surface area contributed by atoms with Crippen LogP contribution in [0.25, 0.3) is 0 Å². The normalized spacial score (nSPS) is 18.4. The molecule has 0 radical (unpaired) electrons. The number of aliphatic hydroxyl groups excluding tert-OH is 1. The number of hydrogen-bond acceptors (Lipinski definition) is 1. The first-order valence-corrected chi connectivity index (χ1v) is 6.70. The fourth-order valence-corrected chi connectivity index (χ4v) is 2.60. The van der Waals surface area contributed by atoms with E-state index in [0.717, 1.165) is 29.5 Å². The van der Waals surface area contributed by atoms with Crippen LogP contribution in [0, 0.1) is 6.92 Å². The van der Waals surface area contributed by atoms with Gasteiger partial charge in [-0.05, 0) is 43.7 Å². The van der Waals surface area contributed by atoms with Gasteiger partial charge < -0.3 is 5.11 Å². The van der Waals surface area contributed by atoms with E-state index < -0.39 is 6.10 Å². The van der Waals surface area contributed by atoms with E-state index in [4.69, 9.17) is 11.6 Å². The second-order valence-electron chi connectivity index (χ2n) is 4.76. The van der Waals surface area contributed by atoms with Crippen LogP contribution >= 0.6 is 11.6 Å². The monoisotopic (exact) mass is 250 g/mol. The summed E-state index contributed by atoms with van der Waals surface area (Å²) in [5.74, 6) is 0. The summed E-state index contributed by atoms with van der Waals surface area (Å²) in [5.41, 5.74) is 3.01. The number of aliphatic hydroxyl groups is 1. The van der Waals surface area contributed by atoms with E-state index in [9.17, 15) is 5.11 Å². The average molecular weight is 251 g/mol. The highest BCUT2D eigenvalue weighted by atomic mass is 35.5. The molecule has 0 spiro atoms. The fraction of sp³-hybridized carbons (Fsp3) is 0.467. The van der Waals surface area contributed by atoms with Gasteiger partial charge in [0.2, 0.25) is 0 Å². The molecule has 1 aromatic carbocycles. The Morgan fingerprint density at radius 1 is 1.24 bits per heavy atom. The fourth-order valence-electron chi connectivity index (χ4n) is 2.37. The third-order valence-electron chi connectivity index (χ3n) is 3.44. The molecule has 1 atom stereocenters. The summed E-state index contributed by atoms with van der Waals surface area (Å²) in [5, 5.41) is 11.1. The Labute approximate surface area is 108 Å². The SMILES string of the molecule is Cc1cccc(C(O)C2=CCCCCC2)c1Cl. The number of hydrogen-bond donors (Lipinski definition) is 1. The molecular weight excluding hydrogens is 232 g/mol. The molecule has 0 amide bonds.